The van der Waals surface area contributed by atoms with E-state index in [1.54, 1.807) is 12.1 Å². The van der Waals surface area contributed by atoms with E-state index in [-0.39, 0.29) is 22.8 Å². The molecule has 1 aliphatic carbocycles. The summed E-state index contributed by atoms with van der Waals surface area (Å²) in [5, 5.41) is 20.4. The number of nitrogens with one attached hydrogen (secondary N) is 2. The van der Waals surface area contributed by atoms with E-state index in [1.807, 2.05) is 6.92 Å². The molecule has 186 valence electrons. The Morgan fingerprint density at radius 3 is 2.75 bits per heavy atom. The number of methoxy groups -OCH3 is 1. The highest BCUT2D eigenvalue weighted by Gasteiger charge is 2.28. The van der Waals surface area contributed by atoms with Gasteiger partial charge in [-0.1, -0.05) is 22.9 Å². The molecule has 3 N–H and O–H groups in total. The Balaban J connectivity index is 1.37. The minimum Gasteiger partial charge on any atom is -0.494 e. The normalized spacial score (nSPS) is 17.3. The summed E-state index contributed by atoms with van der Waals surface area (Å²) in [6.45, 7) is 1.82. The Kier molecular flexibility index (Phi) is 6.56. The van der Waals surface area contributed by atoms with Gasteiger partial charge in [-0.15, -0.1) is 5.10 Å². The molecule has 11 nitrogen and oxygen atoms in total. The number of aryl methyl sites for hydroxylation is 1. The average molecular weight is 528 g/mol. The van der Waals surface area contributed by atoms with Crippen LogP contribution in [-0.4, -0.2) is 60.7 Å². The van der Waals surface area contributed by atoms with Crippen LogP contribution in [-0.2, 0) is 0 Å². The topological polar surface area (TPSA) is 144 Å². The zero-order chi connectivity index (χ0) is 25.4. The standard InChI is InChI=1S/C23H22ClN7O4S/c1-11-6-12(13-7-19(24)26-9-18(13)35-2)14(8-25-11)20(33)29-22-30-31-10-16(28-23(31)36-22)21(34)27-15-4-3-5-17(15)32/h6-10,15,17,32H,3-5H2,1-2H3,(H,27,34)(H,29,30,33)/t15-,17-/m1/s1. The molecule has 36 heavy (non-hydrogen) atoms. The molecule has 1 fully saturated rings. The van der Waals surface area contributed by atoms with Crippen molar-refractivity contribution in [3.63, 3.8) is 0 Å². The molecule has 0 aliphatic heterocycles. The number of fused-ring (bicyclic) bond motifs is 1. The van der Waals surface area contributed by atoms with Crippen LogP contribution in [0.5, 0.6) is 5.75 Å². The van der Waals surface area contributed by atoms with E-state index in [1.165, 1.54) is 30.2 Å². The Morgan fingerprint density at radius 2 is 2.03 bits per heavy atom. The van der Waals surface area contributed by atoms with Crippen LogP contribution in [0.3, 0.4) is 0 Å². The molecule has 0 aromatic carbocycles. The lowest BCUT2D eigenvalue weighted by atomic mass is 10.0. The van der Waals surface area contributed by atoms with Gasteiger partial charge < -0.3 is 15.2 Å². The van der Waals surface area contributed by atoms with Gasteiger partial charge in [0.25, 0.3) is 11.8 Å². The van der Waals surface area contributed by atoms with Crippen LogP contribution in [0, 0.1) is 6.92 Å². The number of amides is 2. The van der Waals surface area contributed by atoms with Gasteiger partial charge in [0.1, 0.15) is 16.6 Å². The Labute approximate surface area is 214 Å². The molecule has 0 spiro atoms. The molecule has 0 unspecified atom stereocenters. The van der Waals surface area contributed by atoms with Gasteiger partial charge in [0.15, 0.2) is 0 Å². The highest BCUT2D eigenvalue weighted by Crippen LogP contribution is 2.34. The minimum atomic E-state index is -0.540. The van der Waals surface area contributed by atoms with Crippen LogP contribution in [0.2, 0.25) is 5.15 Å². The molecule has 4 heterocycles. The van der Waals surface area contributed by atoms with Gasteiger partial charge in [-0.3, -0.25) is 19.9 Å². The van der Waals surface area contributed by atoms with E-state index in [9.17, 15) is 14.7 Å². The molecule has 0 bridgehead atoms. The number of nitrogens with zero attached hydrogens (tertiary/aromatic N) is 5. The number of carbonyl (C=O) groups excluding carboxylic acids is 2. The van der Waals surface area contributed by atoms with Gasteiger partial charge in [-0.2, -0.15) is 0 Å². The van der Waals surface area contributed by atoms with E-state index in [2.05, 4.69) is 30.7 Å². The summed E-state index contributed by atoms with van der Waals surface area (Å²) in [6.07, 6.45) is 6.19. The third-order valence-electron chi connectivity index (χ3n) is 5.92. The van der Waals surface area contributed by atoms with Gasteiger partial charge in [0, 0.05) is 23.0 Å². The van der Waals surface area contributed by atoms with Crippen LogP contribution in [0.15, 0.2) is 30.7 Å². The maximum atomic E-state index is 13.2. The third-order valence-corrected chi connectivity index (χ3v) is 6.97. The van der Waals surface area contributed by atoms with E-state index >= 15 is 0 Å². The van der Waals surface area contributed by atoms with Crippen molar-refractivity contribution in [2.45, 2.75) is 38.3 Å². The van der Waals surface area contributed by atoms with Gasteiger partial charge in [-0.05, 0) is 38.3 Å². The Hall–Kier alpha value is -3.61. The smallest absolute Gasteiger partial charge is 0.271 e. The van der Waals surface area contributed by atoms with Crippen molar-refractivity contribution in [2.24, 2.45) is 0 Å². The van der Waals surface area contributed by atoms with Gasteiger partial charge in [0.05, 0.1) is 37.2 Å². The van der Waals surface area contributed by atoms with Crippen molar-refractivity contribution in [1.82, 2.24) is 29.9 Å². The van der Waals surface area contributed by atoms with Gasteiger partial charge in [-0.25, -0.2) is 14.5 Å². The molecule has 4 aromatic rings. The molecular weight excluding hydrogens is 506 g/mol. The summed E-state index contributed by atoms with van der Waals surface area (Å²) in [5.74, 6) is -0.343. The molecule has 0 radical (unpaired) electrons. The maximum Gasteiger partial charge on any atom is 0.271 e. The first-order valence-corrected chi connectivity index (χ1v) is 12.3. The van der Waals surface area contributed by atoms with Crippen LogP contribution < -0.4 is 15.4 Å². The predicted molar refractivity (Wildman–Crippen MR) is 134 cm³/mol. The predicted octanol–water partition coefficient (Wildman–Crippen LogP) is 3.11. The molecule has 5 rings (SSSR count). The van der Waals surface area contributed by atoms with Crippen molar-refractivity contribution in [3.8, 4) is 16.9 Å². The molecule has 13 heteroatoms. The fraction of sp³-hybridized carbons (Fsp3) is 0.304. The second kappa shape index (κ2) is 9.80. The Bertz CT molecular complexity index is 1440. The number of hydrogen-bond acceptors (Lipinski definition) is 9. The summed E-state index contributed by atoms with van der Waals surface area (Å²) in [5.41, 5.74) is 2.38. The van der Waals surface area contributed by atoms with Crippen molar-refractivity contribution in [1.29, 1.82) is 0 Å². The van der Waals surface area contributed by atoms with E-state index in [4.69, 9.17) is 16.3 Å². The summed E-state index contributed by atoms with van der Waals surface area (Å²) >= 11 is 7.23. The highest BCUT2D eigenvalue weighted by molar-refractivity contribution is 7.20. The number of anilines is 1. The zero-order valence-electron chi connectivity index (χ0n) is 19.4. The SMILES string of the molecule is COc1cnc(Cl)cc1-c1cc(C)ncc1C(=O)Nc1nn2cc(C(=O)N[C@@H]3CCC[C@H]3O)nc2s1. The lowest BCUT2D eigenvalue weighted by Gasteiger charge is -2.15. The van der Waals surface area contributed by atoms with Gasteiger partial charge in [0.2, 0.25) is 10.1 Å². The van der Waals surface area contributed by atoms with Crippen LogP contribution >= 0.6 is 22.9 Å². The number of hydrogen-bond donors (Lipinski definition) is 3. The van der Waals surface area contributed by atoms with Gasteiger partial charge >= 0.3 is 0 Å². The second-order valence-corrected chi connectivity index (χ2v) is 9.71. The molecule has 2 atom stereocenters. The molecule has 1 saturated carbocycles. The molecule has 2 amide bonds. The van der Waals surface area contributed by atoms with Crippen LogP contribution in [0.25, 0.3) is 16.1 Å². The number of carbonyl (C=O) groups is 2. The third kappa shape index (κ3) is 4.74. The van der Waals surface area contributed by atoms with Crippen LogP contribution in [0.1, 0.15) is 45.8 Å². The minimum absolute atomic E-state index is 0.192. The number of pyridine rings is 2. The number of ether oxygens (including phenoxy) is 1. The summed E-state index contributed by atoms with van der Waals surface area (Å²) in [7, 11) is 1.51. The summed E-state index contributed by atoms with van der Waals surface area (Å²) in [4.78, 5) is 38.8. The monoisotopic (exact) mass is 527 g/mol. The largest absolute Gasteiger partial charge is 0.494 e. The molecular formula is C23H22ClN7O4S. The first-order valence-electron chi connectivity index (χ1n) is 11.2. The van der Waals surface area contributed by atoms with Crippen molar-refractivity contribution >= 4 is 44.8 Å². The number of rotatable bonds is 6. The highest BCUT2D eigenvalue weighted by atomic mass is 35.5. The molecule has 0 saturated heterocycles. The zero-order valence-corrected chi connectivity index (χ0v) is 20.9. The lowest BCUT2D eigenvalue weighted by Crippen LogP contribution is -2.39. The molecule has 4 aromatic heterocycles. The number of imidazole rings is 1. The summed E-state index contributed by atoms with van der Waals surface area (Å²) in [6, 6.07) is 3.12. The number of halogens is 1. The molecule has 1 aliphatic rings. The van der Waals surface area contributed by atoms with Crippen LogP contribution in [0.4, 0.5) is 5.13 Å². The van der Waals surface area contributed by atoms with Crippen molar-refractivity contribution in [3.05, 3.63) is 52.8 Å². The quantitative estimate of drug-likeness (QED) is 0.324. The van der Waals surface area contributed by atoms with Crippen molar-refractivity contribution in [2.75, 3.05) is 12.4 Å². The lowest BCUT2D eigenvalue weighted by molar-refractivity contribution is 0.0868. The first-order chi connectivity index (χ1) is 17.3. The second-order valence-electron chi connectivity index (χ2n) is 8.37. The van der Waals surface area contributed by atoms with Crippen molar-refractivity contribution < 1.29 is 19.4 Å². The Morgan fingerprint density at radius 1 is 1.19 bits per heavy atom. The average Bonchev–Trinajstić information content (AvgIpc) is 3.54. The van der Waals surface area contributed by atoms with E-state index in [0.717, 1.165) is 24.2 Å². The van der Waals surface area contributed by atoms with E-state index < -0.39 is 12.0 Å². The van der Waals surface area contributed by atoms with E-state index in [0.29, 0.717) is 44.6 Å². The fourth-order valence-electron chi connectivity index (χ4n) is 4.13. The number of aromatic nitrogens is 5. The first kappa shape index (κ1) is 24.1. The summed E-state index contributed by atoms with van der Waals surface area (Å²) < 4.78 is 6.84. The maximum absolute atomic E-state index is 13.2. The number of aliphatic hydroxyl groups excluding tert-OH is 1. The number of aliphatic hydroxyl groups is 1. The fourth-order valence-corrected chi connectivity index (χ4v) is 5.06.